The Morgan fingerprint density at radius 1 is 1.59 bits per heavy atom. The fourth-order valence-corrected chi connectivity index (χ4v) is 2.80. The van der Waals surface area contributed by atoms with Gasteiger partial charge in [0.15, 0.2) is 17.9 Å². The zero-order valence-electron chi connectivity index (χ0n) is 11.1. The first kappa shape index (κ1) is 15.7. The van der Waals surface area contributed by atoms with Crippen molar-refractivity contribution in [2.24, 2.45) is 0 Å². The number of nitrogen functional groups attached to an aromatic ring is 1. The van der Waals surface area contributed by atoms with Gasteiger partial charge in [-0.2, -0.15) is 0 Å². The molecule has 0 spiro atoms. The van der Waals surface area contributed by atoms with Crippen molar-refractivity contribution in [2.45, 2.75) is 24.9 Å². The highest BCUT2D eigenvalue weighted by Gasteiger charge is 2.43. The number of hydrogen-bond acceptors (Lipinski definition) is 9. The number of fused-ring (bicyclic) bond motifs is 1. The Kier molecular flexibility index (Phi) is 4.16. The second kappa shape index (κ2) is 5.81. The summed E-state index contributed by atoms with van der Waals surface area (Å²) in [5.41, 5.74) is 11.6. The van der Waals surface area contributed by atoms with Crippen LogP contribution in [0.5, 0.6) is 0 Å². The number of nitrogens with two attached hydrogens (primary N) is 1. The molecule has 10 nitrogen and oxygen atoms in total. The highest BCUT2D eigenvalue weighted by atomic mass is 32.5. The normalized spacial score (nSPS) is 27.8. The lowest BCUT2D eigenvalue weighted by Gasteiger charge is -2.25. The van der Waals surface area contributed by atoms with Crippen LogP contribution in [0.15, 0.2) is 6.33 Å². The monoisotopic (exact) mass is 352 g/mol. The van der Waals surface area contributed by atoms with Crippen LogP contribution in [0.25, 0.3) is 0 Å². The summed E-state index contributed by atoms with van der Waals surface area (Å²) in [7, 11) is 0. The minimum Gasteiger partial charge on any atom is -0.382 e. The van der Waals surface area contributed by atoms with Gasteiger partial charge in [0.25, 0.3) is 0 Å². The van der Waals surface area contributed by atoms with E-state index in [1.54, 1.807) is 0 Å². The van der Waals surface area contributed by atoms with E-state index in [0.717, 1.165) is 0 Å². The van der Waals surface area contributed by atoms with Gasteiger partial charge in [0.05, 0.1) is 12.7 Å². The third-order valence-electron chi connectivity index (χ3n) is 3.20. The standard InChI is InChI=1S/C9H14FN6O4PS/c10-5-1-4(2-19-21(17,18)22)20-9(5)16-8-6(14-15-16)7(11)12-3-13-8/h3-5,9,14-15H,1-2H2,(H2,11,12,13)(H2,17,18,22)/t4-,5?,9+/m0/s1. The summed E-state index contributed by atoms with van der Waals surface area (Å²) in [6.45, 7) is -4.00. The van der Waals surface area contributed by atoms with Crippen LogP contribution in [-0.2, 0) is 21.1 Å². The predicted octanol–water partition coefficient (Wildman–Crippen LogP) is -0.611. The summed E-state index contributed by atoms with van der Waals surface area (Å²) in [6, 6.07) is 0. The molecule has 0 bridgehead atoms. The molecule has 1 fully saturated rings. The van der Waals surface area contributed by atoms with Gasteiger partial charge in [0, 0.05) is 6.42 Å². The average molecular weight is 352 g/mol. The van der Waals surface area contributed by atoms with E-state index in [9.17, 15) is 4.39 Å². The van der Waals surface area contributed by atoms with E-state index in [0.29, 0.717) is 11.5 Å². The van der Waals surface area contributed by atoms with Gasteiger partial charge in [-0.05, 0) is 11.8 Å². The maximum Gasteiger partial charge on any atom is 0.321 e. The number of rotatable bonds is 4. The number of anilines is 3. The van der Waals surface area contributed by atoms with Crippen LogP contribution in [0.1, 0.15) is 6.42 Å². The molecule has 1 saturated heterocycles. The number of alkyl halides is 1. The zero-order valence-corrected chi connectivity index (χ0v) is 12.8. The summed E-state index contributed by atoms with van der Waals surface area (Å²) in [5, 5.41) is 1.35. The van der Waals surface area contributed by atoms with Crippen LogP contribution in [-0.4, -0.2) is 44.9 Å². The summed E-state index contributed by atoms with van der Waals surface area (Å²) < 4.78 is 24.4. The quantitative estimate of drug-likeness (QED) is 0.444. The molecule has 0 saturated carbocycles. The van der Waals surface area contributed by atoms with Crippen LogP contribution >= 0.6 is 6.72 Å². The van der Waals surface area contributed by atoms with Crippen molar-refractivity contribution < 1.29 is 23.4 Å². The molecule has 0 radical (unpaired) electrons. The van der Waals surface area contributed by atoms with Crippen LogP contribution < -0.4 is 21.7 Å². The van der Waals surface area contributed by atoms with E-state index < -0.39 is 25.2 Å². The maximum absolute atomic E-state index is 14.2. The third-order valence-corrected chi connectivity index (χ3v) is 4.00. The Bertz CT molecular complexity index is 620. The van der Waals surface area contributed by atoms with Crippen molar-refractivity contribution in [3.05, 3.63) is 6.33 Å². The van der Waals surface area contributed by atoms with Crippen molar-refractivity contribution in [3.63, 3.8) is 0 Å². The molecule has 22 heavy (non-hydrogen) atoms. The van der Waals surface area contributed by atoms with E-state index >= 15 is 0 Å². The molecule has 3 atom stereocenters. The van der Waals surface area contributed by atoms with Crippen molar-refractivity contribution in [1.29, 1.82) is 0 Å². The molecular weight excluding hydrogens is 338 g/mol. The summed E-state index contributed by atoms with van der Waals surface area (Å²) in [4.78, 5) is 25.9. The van der Waals surface area contributed by atoms with Gasteiger partial charge >= 0.3 is 6.72 Å². The van der Waals surface area contributed by atoms with Gasteiger partial charge < -0.3 is 24.8 Å². The molecule has 13 heteroatoms. The first-order valence-corrected chi connectivity index (χ1v) is 8.88. The fraction of sp³-hybridized carbons (Fsp3) is 0.556. The number of nitrogens with one attached hydrogen (secondary N) is 2. The van der Waals surface area contributed by atoms with Gasteiger partial charge in [0.2, 0.25) is 0 Å². The second-order valence-corrected chi connectivity index (χ2v) is 7.42. The Morgan fingerprint density at radius 2 is 2.36 bits per heavy atom. The summed E-state index contributed by atoms with van der Waals surface area (Å²) in [6.07, 6.45) is -1.71. The molecule has 1 unspecified atom stereocenters. The molecule has 0 aliphatic carbocycles. The Hall–Kier alpha value is -1.14. The number of hydrazine groups is 2. The van der Waals surface area contributed by atoms with Crippen LogP contribution in [0.4, 0.5) is 21.7 Å². The molecule has 0 aromatic carbocycles. The van der Waals surface area contributed by atoms with Crippen molar-refractivity contribution >= 4 is 35.8 Å². The van der Waals surface area contributed by atoms with Crippen LogP contribution in [0.3, 0.4) is 0 Å². The Balaban J connectivity index is 1.70. The highest BCUT2D eigenvalue weighted by Crippen LogP contribution is 2.39. The minimum absolute atomic E-state index is 0.0219. The number of aromatic nitrogens is 2. The molecule has 2 aliphatic heterocycles. The molecule has 3 heterocycles. The zero-order chi connectivity index (χ0) is 15.9. The van der Waals surface area contributed by atoms with E-state index in [4.69, 9.17) is 24.8 Å². The largest absolute Gasteiger partial charge is 0.382 e. The van der Waals surface area contributed by atoms with Gasteiger partial charge in [-0.25, -0.2) is 19.4 Å². The van der Waals surface area contributed by atoms with E-state index in [1.165, 1.54) is 11.3 Å². The number of halogens is 1. The average Bonchev–Trinajstić information content (AvgIpc) is 3.00. The second-order valence-electron chi connectivity index (χ2n) is 4.75. The van der Waals surface area contributed by atoms with Gasteiger partial charge in [-0.3, -0.25) is 5.43 Å². The first-order chi connectivity index (χ1) is 10.3. The van der Waals surface area contributed by atoms with Crippen LogP contribution in [0.2, 0.25) is 0 Å². The van der Waals surface area contributed by atoms with E-state index in [2.05, 4.69) is 32.7 Å². The lowest BCUT2D eigenvalue weighted by atomic mass is 10.2. The maximum atomic E-state index is 14.2. The Morgan fingerprint density at radius 3 is 3.09 bits per heavy atom. The lowest BCUT2D eigenvalue weighted by Crippen LogP contribution is -2.48. The topological polar surface area (TPSA) is 138 Å². The van der Waals surface area contributed by atoms with E-state index in [-0.39, 0.29) is 18.8 Å². The van der Waals surface area contributed by atoms with Crippen molar-refractivity contribution in [2.75, 3.05) is 22.8 Å². The minimum atomic E-state index is -3.79. The first-order valence-electron chi connectivity index (χ1n) is 6.26. The van der Waals surface area contributed by atoms with E-state index in [1.807, 2.05) is 0 Å². The van der Waals surface area contributed by atoms with Crippen LogP contribution in [0, 0.1) is 0 Å². The number of hydrogen-bond donors (Lipinski definition) is 5. The molecule has 6 N–H and O–H groups in total. The fourth-order valence-electron chi connectivity index (χ4n) is 2.26. The third kappa shape index (κ3) is 3.13. The smallest absolute Gasteiger partial charge is 0.321 e. The molecule has 0 amide bonds. The van der Waals surface area contributed by atoms with Gasteiger partial charge in [-0.15, -0.1) is 5.53 Å². The van der Waals surface area contributed by atoms with Gasteiger partial charge in [-0.1, -0.05) is 0 Å². The highest BCUT2D eigenvalue weighted by molar-refractivity contribution is 8.06. The lowest BCUT2D eigenvalue weighted by molar-refractivity contribution is 0.0000298. The molecular formula is C9H14FN6O4PS. The Labute approximate surface area is 129 Å². The predicted molar refractivity (Wildman–Crippen MR) is 78.5 cm³/mol. The summed E-state index contributed by atoms with van der Waals surface area (Å²) >= 11 is 4.34. The SMILES string of the molecule is Nc1ncnc2c1NNN2[C@@H]1O[C@H](COP(O)(O)=S)CC1F. The summed E-state index contributed by atoms with van der Waals surface area (Å²) in [5.74, 6) is 0.575. The molecule has 3 rings (SSSR count). The molecule has 1 aromatic rings. The number of nitrogens with zero attached hydrogens (tertiary/aromatic N) is 3. The molecule has 122 valence electrons. The molecule has 2 aliphatic rings. The van der Waals surface area contributed by atoms with Gasteiger partial charge in [0.1, 0.15) is 18.2 Å². The van der Waals surface area contributed by atoms with Crippen molar-refractivity contribution in [3.8, 4) is 0 Å². The van der Waals surface area contributed by atoms with Crippen molar-refractivity contribution in [1.82, 2.24) is 15.5 Å². The molecule has 1 aromatic heterocycles. The number of ether oxygens (including phenoxy) is 1.